The molecule has 3 aromatic rings. The van der Waals surface area contributed by atoms with E-state index in [1.807, 2.05) is 27.7 Å². The highest BCUT2D eigenvalue weighted by Crippen LogP contribution is 2.30. The van der Waals surface area contributed by atoms with Crippen molar-refractivity contribution in [2.75, 3.05) is 30.4 Å². The van der Waals surface area contributed by atoms with Crippen molar-refractivity contribution in [1.29, 1.82) is 5.26 Å². The Kier molecular flexibility index (Phi) is 7.40. The van der Waals surface area contributed by atoms with E-state index in [-0.39, 0.29) is 17.7 Å². The van der Waals surface area contributed by atoms with Crippen LogP contribution in [0.2, 0.25) is 0 Å². The number of nitriles is 1. The van der Waals surface area contributed by atoms with Crippen LogP contribution in [0, 0.1) is 17.2 Å². The minimum absolute atomic E-state index is 0.0950. The number of nitrogens with one attached hydrogen (secondary N) is 1. The number of nitrogens with zero attached hydrogens (tertiary/aromatic N) is 5. The van der Waals surface area contributed by atoms with E-state index in [0.29, 0.717) is 54.4 Å². The van der Waals surface area contributed by atoms with Gasteiger partial charge >= 0.3 is 0 Å². The molecule has 0 unspecified atom stereocenters. The lowest BCUT2D eigenvalue weighted by Gasteiger charge is -2.20. The SMILES string of the molecule is CN(C(=O)CC1CCCC1)c1ccc2c(c1)nc(NC(=O)c1ccc(C#N)cc1)n2CCN1CCCC1=O. The lowest BCUT2D eigenvalue weighted by molar-refractivity contribution is -0.127. The van der Waals surface area contributed by atoms with E-state index < -0.39 is 0 Å². The second kappa shape index (κ2) is 11.1. The maximum absolute atomic E-state index is 13.0. The van der Waals surface area contributed by atoms with Gasteiger partial charge in [0.1, 0.15) is 0 Å². The summed E-state index contributed by atoms with van der Waals surface area (Å²) in [6.07, 6.45) is 6.61. The molecule has 5 rings (SSSR count). The molecule has 1 aliphatic carbocycles. The maximum atomic E-state index is 13.0. The molecule has 9 heteroatoms. The number of hydrogen-bond donors (Lipinski definition) is 1. The van der Waals surface area contributed by atoms with Gasteiger partial charge in [0.15, 0.2) is 0 Å². The molecular formula is C29H32N6O3. The highest BCUT2D eigenvalue weighted by atomic mass is 16.2. The molecule has 0 atom stereocenters. The van der Waals surface area contributed by atoms with Gasteiger partial charge in [0, 0.05) is 50.8 Å². The predicted molar refractivity (Wildman–Crippen MR) is 145 cm³/mol. The number of carbonyl (C=O) groups is 3. The lowest BCUT2D eigenvalue weighted by atomic mass is 10.0. The second-order valence-corrected chi connectivity index (χ2v) is 10.2. The summed E-state index contributed by atoms with van der Waals surface area (Å²) in [5.74, 6) is 0.732. The smallest absolute Gasteiger partial charge is 0.257 e. The number of amides is 3. The summed E-state index contributed by atoms with van der Waals surface area (Å²) in [7, 11) is 1.79. The van der Waals surface area contributed by atoms with E-state index in [2.05, 4.69) is 11.4 Å². The van der Waals surface area contributed by atoms with E-state index in [4.69, 9.17) is 10.2 Å². The largest absolute Gasteiger partial charge is 0.341 e. The normalized spacial score (nSPS) is 15.7. The van der Waals surface area contributed by atoms with Crippen LogP contribution in [0.4, 0.5) is 11.6 Å². The Morgan fingerprint density at radius 2 is 1.87 bits per heavy atom. The molecule has 1 saturated carbocycles. The van der Waals surface area contributed by atoms with Gasteiger partial charge in [-0.25, -0.2) is 4.98 Å². The molecule has 0 radical (unpaired) electrons. The van der Waals surface area contributed by atoms with Crippen molar-refractivity contribution in [1.82, 2.24) is 14.5 Å². The number of rotatable bonds is 8. The Morgan fingerprint density at radius 1 is 1.11 bits per heavy atom. The molecule has 196 valence electrons. The Labute approximate surface area is 222 Å². The molecule has 1 N–H and O–H groups in total. The van der Waals surface area contributed by atoms with Crippen LogP contribution < -0.4 is 10.2 Å². The zero-order valence-corrected chi connectivity index (χ0v) is 21.7. The molecule has 0 spiro atoms. The summed E-state index contributed by atoms with van der Waals surface area (Å²) < 4.78 is 1.91. The number of aromatic nitrogens is 2. The van der Waals surface area contributed by atoms with Crippen LogP contribution in [-0.4, -0.2) is 52.3 Å². The average molecular weight is 513 g/mol. The number of hydrogen-bond acceptors (Lipinski definition) is 5. The summed E-state index contributed by atoms with van der Waals surface area (Å²) in [5, 5.41) is 11.9. The molecule has 1 aromatic heterocycles. The van der Waals surface area contributed by atoms with Gasteiger partial charge in [-0.1, -0.05) is 12.8 Å². The summed E-state index contributed by atoms with van der Waals surface area (Å²) in [6.45, 7) is 1.73. The fourth-order valence-corrected chi connectivity index (χ4v) is 5.42. The molecule has 0 bridgehead atoms. The fraction of sp³-hybridized carbons (Fsp3) is 0.414. The van der Waals surface area contributed by atoms with Crippen LogP contribution in [0.25, 0.3) is 11.0 Å². The van der Waals surface area contributed by atoms with Gasteiger partial charge in [0.2, 0.25) is 17.8 Å². The Hall–Kier alpha value is -4.19. The molecule has 9 nitrogen and oxygen atoms in total. The standard InChI is InChI=1S/C29H32N6O3/c1-33(27(37)17-20-5-2-3-6-20)23-12-13-25-24(18-23)31-29(35(25)16-15-34-14-4-7-26(34)36)32-28(38)22-10-8-21(19-30)9-11-22/h8-13,18,20H,2-7,14-17H2,1H3,(H,31,32,38). The third-order valence-corrected chi connectivity index (χ3v) is 7.70. The van der Waals surface area contributed by atoms with Crippen molar-refractivity contribution in [3.8, 4) is 6.07 Å². The number of fused-ring (bicyclic) bond motifs is 1. The molecule has 2 aliphatic rings. The zero-order chi connectivity index (χ0) is 26.6. The van der Waals surface area contributed by atoms with Gasteiger partial charge in [-0.2, -0.15) is 5.26 Å². The third-order valence-electron chi connectivity index (χ3n) is 7.70. The molecule has 38 heavy (non-hydrogen) atoms. The van der Waals surface area contributed by atoms with Crippen LogP contribution >= 0.6 is 0 Å². The molecule has 2 fully saturated rings. The van der Waals surface area contributed by atoms with Crippen molar-refractivity contribution in [2.45, 2.75) is 51.5 Å². The van der Waals surface area contributed by atoms with Gasteiger partial charge in [-0.05, 0) is 67.6 Å². The average Bonchev–Trinajstić information content (AvgIpc) is 3.67. The first kappa shape index (κ1) is 25.5. The molecule has 1 saturated heterocycles. The Morgan fingerprint density at radius 3 is 2.55 bits per heavy atom. The fourth-order valence-electron chi connectivity index (χ4n) is 5.42. The number of imidazole rings is 1. The van der Waals surface area contributed by atoms with Gasteiger partial charge in [-0.15, -0.1) is 0 Å². The van der Waals surface area contributed by atoms with Gasteiger partial charge in [-0.3, -0.25) is 19.7 Å². The second-order valence-electron chi connectivity index (χ2n) is 10.2. The molecule has 2 heterocycles. The van der Waals surface area contributed by atoms with E-state index in [1.54, 1.807) is 36.2 Å². The molecule has 3 amide bonds. The highest BCUT2D eigenvalue weighted by molar-refractivity contribution is 6.04. The molecule has 2 aromatic carbocycles. The maximum Gasteiger partial charge on any atom is 0.257 e. The van der Waals surface area contributed by atoms with Crippen molar-refractivity contribution in [3.05, 3.63) is 53.6 Å². The topological polar surface area (TPSA) is 111 Å². The first-order chi connectivity index (χ1) is 18.4. The van der Waals surface area contributed by atoms with Crippen molar-refractivity contribution in [2.24, 2.45) is 5.92 Å². The van der Waals surface area contributed by atoms with Crippen LogP contribution in [0.1, 0.15) is 60.9 Å². The van der Waals surface area contributed by atoms with Crippen LogP contribution in [0.3, 0.4) is 0 Å². The number of carbonyl (C=O) groups excluding carboxylic acids is 3. The summed E-state index contributed by atoms with van der Waals surface area (Å²) in [6, 6.07) is 14.1. The first-order valence-corrected chi connectivity index (χ1v) is 13.3. The Bertz CT molecular complexity index is 1400. The summed E-state index contributed by atoms with van der Waals surface area (Å²) in [5.41, 5.74) is 3.11. The first-order valence-electron chi connectivity index (χ1n) is 13.3. The number of anilines is 2. The van der Waals surface area contributed by atoms with Crippen molar-refractivity contribution >= 4 is 40.4 Å². The van der Waals surface area contributed by atoms with Gasteiger partial charge in [0.25, 0.3) is 5.91 Å². The van der Waals surface area contributed by atoms with Gasteiger partial charge < -0.3 is 14.4 Å². The predicted octanol–water partition coefficient (Wildman–Crippen LogP) is 4.33. The van der Waals surface area contributed by atoms with Crippen LogP contribution in [0.15, 0.2) is 42.5 Å². The minimum atomic E-state index is -0.340. The summed E-state index contributed by atoms with van der Waals surface area (Å²) >= 11 is 0. The molecular weight excluding hydrogens is 480 g/mol. The number of benzene rings is 2. The lowest BCUT2D eigenvalue weighted by Crippen LogP contribution is -2.29. The van der Waals surface area contributed by atoms with E-state index in [0.717, 1.165) is 37.0 Å². The van der Waals surface area contributed by atoms with Crippen LogP contribution in [0.5, 0.6) is 0 Å². The monoisotopic (exact) mass is 512 g/mol. The van der Waals surface area contributed by atoms with Crippen LogP contribution in [-0.2, 0) is 16.1 Å². The Balaban J connectivity index is 1.41. The van der Waals surface area contributed by atoms with Crippen molar-refractivity contribution in [3.63, 3.8) is 0 Å². The minimum Gasteiger partial charge on any atom is -0.341 e. The quantitative estimate of drug-likeness (QED) is 0.483. The van der Waals surface area contributed by atoms with Gasteiger partial charge in [0.05, 0.1) is 22.7 Å². The highest BCUT2D eigenvalue weighted by Gasteiger charge is 2.24. The van der Waals surface area contributed by atoms with E-state index >= 15 is 0 Å². The number of likely N-dealkylation sites (tertiary alicyclic amines) is 1. The van der Waals surface area contributed by atoms with E-state index in [1.165, 1.54) is 12.8 Å². The molecule has 1 aliphatic heterocycles. The summed E-state index contributed by atoms with van der Waals surface area (Å²) in [4.78, 5) is 46.4. The van der Waals surface area contributed by atoms with E-state index in [9.17, 15) is 14.4 Å². The zero-order valence-electron chi connectivity index (χ0n) is 21.7. The van der Waals surface area contributed by atoms with Crippen molar-refractivity contribution < 1.29 is 14.4 Å². The third kappa shape index (κ3) is 5.40.